The Balaban J connectivity index is 0.0000108. The molecule has 4 N–H and O–H groups in total. The van der Waals surface area contributed by atoms with E-state index in [4.69, 9.17) is 26.3 Å². The van der Waals surface area contributed by atoms with E-state index in [1.807, 2.05) is 60.6 Å². The van der Waals surface area contributed by atoms with Crippen LogP contribution in [-0.4, -0.2) is 225 Å². The van der Waals surface area contributed by atoms with Crippen LogP contribution >= 0.6 is 11.6 Å². The van der Waals surface area contributed by atoms with Crippen LogP contribution < -0.4 is 19.9 Å². The number of amides is 2. The molecular formula is C59H85ClLuN12O9. The number of halogens is 1. The Bertz CT molecular complexity index is 2680. The largest absolute Gasteiger partial charge is 0.480 e. The third kappa shape index (κ3) is 17.6. The van der Waals surface area contributed by atoms with Crippen LogP contribution in [0, 0.1) is 48.2 Å². The van der Waals surface area contributed by atoms with Gasteiger partial charge in [-0.2, -0.15) is 15.2 Å². The van der Waals surface area contributed by atoms with Crippen LogP contribution in [0.4, 0.5) is 11.5 Å². The number of aliphatic carboxylic acids is 3. The van der Waals surface area contributed by atoms with E-state index in [0.29, 0.717) is 109 Å². The number of nitriles is 1. The predicted octanol–water partition coefficient (Wildman–Crippen LogP) is 5.29. The van der Waals surface area contributed by atoms with Gasteiger partial charge in [-0.3, -0.25) is 48.5 Å². The third-order valence-electron chi connectivity index (χ3n) is 17.0. The number of anilines is 2. The molecule has 1 radical (unpaired) electrons. The second-order valence-electron chi connectivity index (χ2n) is 22.1. The summed E-state index contributed by atoms with van der Waals surface area (Å²) in [5.41, 5.74) is 2.91. The summed E-state index contributed by atoms with van der Waals surface area (Å²) in [5.74, 6) is -2.57. The number of hydrogen-bond donors (Lipinski definition) is 4. The van der Waals surface area contributed by atoms with E-state index in [0.717, 1.165) is 72.3 Å². The second kappa shape index (κ2) is 32.4. The maximum atomic E-state index is 14.0. The molecule has 3 fully saturated rings. The summed E-state index contributed by atoms with van der Waals surface area (Å²) in [4.78, 5) is 90.4. The van der Waals surface area contributed by atoms with Crippen molar-refractivity contribution in [3.8, 4) is 12.1 Å². The van der Waals surface area contributed by atoms with Gasteiger partial charge in [-0.1, -0.05) is 70.1 Å². The molecule has 7 rings (SSSR count). The number of piperazine rings is 1. The molecule has 1 aromatic heterocycles. The molecule has 0 bridgehead atoms. The Labute approximate surface area is 517 Å². The molecule has 2 aromatic carbocycles. The van der Waals surface area contributed by atoms with Crippen molar-refractivity contribution < 1.29 is 80.9 Å². The summed E-state index contributed by atoms with van der Waals surface area (Å²) in [6, 6.07) is 13.4. The zero-order valence-electron chi connectivity index (χ0n) is 48.2. The normalized spacial score (nSPS) is 22.8. The van der Waals surface area contributed by atoms with Gasteiger partial charge in [-0.25, -0.2) is 0 Å². The van der Waals surface area contributed by atoms with Gasteiger partial charge in [0.05, 0.1) is 62.0 Å². The van der Waals surface area contributed by atoms with Crippen LogP contribution in [0.15, 0.2) is 49.1 Å². The summed E-state index contributed by atoms with van der Waals surface area (Å²) in [6.07, 6.45) is 8.00. The smallest absolute Gasteiger partial charge is 0.318 e. The van der Waals surface area contributed by atoms with E-state index in [1.54, 1.807) is 4.90 Å². The van der Waals surface area contributed by atoms with Crippen molar-refractivity contribution in [1.29, 1.82) is 5.26 Å². The molecular weight excluding hydrogens is 1230 g/mol. The SMILES string of the molecule is C=CC(=O)N1CCN(c2nc(OC[C@@H]3CCCN3CCCCNC(=O)CN3C[C@H](CC)N(CC(=O)O)C[C@H](CC)N(CC(=O)O)C[C@@H](CC)N(CC(=O)O)C[C@@H]3CC)nc3c2CCN(c2cccc4cccc(Cl)c24)C3)C[C@@H]1CC#N.[Lu]. The maximum absolute atomic E-state index is 14.0. The monoisotopic (exact) mass is 1320 g/mol. The van der Waals surface area contributed by atoms with Crippen molar-refractivity contribution in [2.24, 2.45) is 0 Å². The minimum atomic E-state index is -1.00. The number of carbonyl (C=O) groups is 5. The molecule has 82 heavy (non-hydrogen) atoms. The van der Waals surface area contributed by atoms with Gasteiger partial charge in [-0.15, -0.1) is 0 Å². The van der Waals surface area contributed by atoms with Crippen LogP contribution in [0.2, 0.25) is 5.02 Å². The van der Waals surface area contributed by atoms with E-state index < -0.39 is 17.9 Å². The van der Waals surface area contributed by atoms with Crippen LogP contribution in [0.1, 0.15) is 96.7 Å². The van der Waals surface area contributed by atoms with E-state index >= 15 is 0 Å². The van der Waals surface area contributed by atoms with Crippen LogP contribution in [0.5, 0.6) is 6.01 Å². The van der Waals surface area contributed by atoms with Crippen LogP contribution in [0.3, 0.4) is 0 Å². The number of benzene rings is 2. The van der Waals surface area contributed by atoms with Crippen LogP contribution in [-0.2, 0) is 36.9 Å². The first kappa shape index (κ1) is 66.2. The number of nitrogens with zero attached hydrogens (tertiary/aromatic N) is 11. The van der Waals surface area contributed by atoms with Crippen molar-refractivity contribution in [3.63, 3.8) is 0 Å². The van der Waals surface area contributed by atoms with Crippen molar-refractivity contribution in [2.45, 2.75) is 135 Å². The van der Waals surface area contributed by atoms with Gasteiger partial charge >= 0.3 is 23.9 Å². The third-order valence-corrected chi connectivity index (χ3v) is 17.3. The molecule has 2 amide bonds. The molecule has 3 aromatic rings. The fraction of sp³-hybridized carbons (Fsp3) is 0.627. The first-order chi connectivity index (χ1) is 39.1. The number of aromatic nitrogens is 2. The number of carbonyl (C=O) groups excluding carboxylic acids is 2. The summed E-state index contributed by atoms with van der Waals surface area (Å²) in [5, 5.41) is 45.9. The standard InChI is InChI=1S/C59H85ClN12O9.Lu/c1-6-42-31-69(37-54(75)76)44(8-3)33-71(39-56(79)80)45(9-4)32-70(38-55(77)78)43(7-2)30-68(42)36-52(73)62-24-11-12-25-65-26-15-18-47(65)40-81-59-63-50-35-66(51-20-14-17-41-16-13-19-49(60)57(41)51)27-22-48(50)58(64-59)67-28-29-72(53(74)10-5)46(34-67)21-23-61;/h10,13-14,16-17,19-20,42-47H,5-9,11-12,15,18,21-22,24-40H2,1-4H3,(H,62,73)(H,75,76)(H,77,78)(H,79,80);/t42-,43-,44+,45-,46-,47-;/m0./s1. The Hall–Kier alpha value is -4.92. The van der Waals surface area contributed by atoms with E-state index in [1.165, 1.54) is 6.08 Å². The predicted molar refractivity (Wildman–Crippen MR) is 312 cm³/mol. The van der Waals surface area contributed by atoms with Crippen molar-refractivity contribution in [3.05, 3.63) is 65.3 Å². The minimum Gasteiger partial charge on any atom is -0.480 e. The average molecular weight is 1320 g/mol. The second-order valence-corrected chi connectivity index (χ2v) is 22.5. The van der Waals surface area contributed by atoms with Gasteiger partial charge in [0.1, 0.15) is 12.4 Å². The summed E-state index contributed by atoms with van der Waals surface area (Å²) in [7, 11) is 0. The first-order valence-corrected chi connectivity index (χ1v) is 29.6. The molecule has 6 atom stereocenters. The molecule has 4 aliphatic rings. The van der Waals surface area contributed by atoms with Gasteiger partial charge in [0, 0.05) is 143 Å². The van der Waals surface area contributed by atoms with Crippen molar-refractivity contribution in [2.75, 3.05) is 115 Å². The molecule has 0 saturated carbocycles. The Morgan fingerprint density at radius 2 is 1.32 bits per heavy atom. The molecule has 457 valence electrons. The maximum Gasteiger partial charge on any atom is 0.318 e. The zero-order chi connectivity index (χ0) is 58.2. The Kier molecular flexibility index (Phi) is 26.2. The molecule has 0 unspecified atom stereocenters. The van der Waals surface area contributed by atoms with Crippen molar-refractivity contribution in [1.82, 2.24) is 44.7 Å². The van der Waals surface area contributed by atoms with E-state index in [-0.39, 0.29) is 124 Å². The van der Waals surface area contributed by atoms with Gasteiger partial charge < -0.3 is 40.1 Å². The minimum absolute atomic E-state index is 0. The number of carboxylic acid groups (broad SMARTS) is 3. The molecule has 0 aliphatic carbocycles. The van der Waals surface area contributed by atoms with E-state index in [2.05, 4.69) is 55.8 Å². The summed E-state index contributed by atoms with van der Waals surface area (Å²) < 4.78 is 6.59. The molecule has 23 heteroatoms. The Morgan fingerprint density at radius 1 is 0.732 bits per heavy atom. The molecule has 21 nitrogen and oxygen atoms in total. The molecule has 3 saturated heterocycles. The molecule has 5 heterocycles. The van der Waals surface area contributed by atoms with Gasteiger partial charge in [-0.05, 0) is 94.5 Å². The zero-order valence-corrected chi connectivity index (χ0v) is 50.6. The van der Waals surface area contributed by atoms with Crippen molar-refractivity contribution >= 4 is 63.6 Å². The number of fused-ring (bicyclic) bond motifs is 2. The molecule has 0 spiro atoms. The number of ether oxygens (including phenoxy) is 1. The number of nitrogens with one attached hydrogen (secondary N) is 1. The van der Waals surface area contributed by atoms with Gasteiger partial charge in [0.15, 0.2) is 0 Å². The summed E-state index contributed by atoms with van der Waals surface area (Å²) >= 11 is 6.82. The molecule has 4 aliphatic heterocycles. The number of unbranched alkanes of at least 4 members (excludes halogenated alkanes) is 1. The number of likely N-dealkylation sites (tertiary alicyclic amines) is 1. The van der Waals surface area contributed by atoms with Gasteiger partial charge in [0.25, 0.3) is 0 Å². The fourth-order valence-corrected chi connectivity index (χ4v) is 12.9. The Morgan fingerprint density at radius 3 is 1.88 bits per heavy atom. The van der Waals surface area contributed by atoms with E-state index in [9.17, 15) is 44.6 Å². The van der Waals surface area contributed by atoms with Crippen LogP contribution in [0.25, 0.3) is 10.8 Å². The number of hydrogen-bond acceptors (Lipinski definition) is 16. The summed E-state index contributed by atoms with van der Waals surface area (Å²) in [6.45, 7) is 17.4. The quantitative estimate of drug-likeness (QED) is 0.0658. The number of carboxylic acids is 3. The first-order valence-electron chi connectivity index (χ1n) is 29.2. The van der Waals surface area contributed by atoms with Gasteiger partial charge in [0.2, 0.25) is 11.8 Å². The average Bonchev–Trinajstić information content (AvgIpc) is 4.00. The fourth-order valence-electron chi connectivity index (χ4n) is 12.6. The topological polar surface area (TPSA) is 243 Å². The number of rotatable bonds is 24.